The lowest BCUT2D eigenvalue weighted by Crippen LogP contribution is -2.63. The number of rotatable bonds is 39. The second-order valence-electron chi connectivity index (χ2n) is 27.1. The normalized spacial score (nSPS) is 16.1. The molecule has 4 aromatic rings. The number of nitrogens with one attached hydrogen (secondary N) is 8. The second-order valence-corrected chi connectivity index (χ2v) is 27.1. The fourth-order valence-electron chi connectivity index (χ4n) is 10.9. The van der Waals surface area contributed by atoms with Crippen LogP contribution in [0.5, 0.6) is 0 Å². The molecule has 5 rings (SSSR count). The van der Waals surface area contributed by atoms with E-state index >= 15 is 4.79 Å². The van der Waals surface area contributed by atoms with Gasteiger partial charge in [-0.05, 0) is 107 Å². The van der Waals surface area contributed by atoms with Crippen molar-refractivity contribution in [2.75, 3.05) is 13.2 Å². The number of nitrogens with two attached hydrogens (primary N) is 1. The van der Waals surface area contributed by atoms with Crippen molar-refractivity contribution < 1.29 is 76.8 Å². The number of carboxylic acid groups (broad SMARTS) is 1. The van der Waals surface area contributed by atoms with Crippen LogP contribution in [-0.4, -0.2) is 161 Å². The third-order valence-electron chi connectivity index (χ3n) is 16.2. The summed E-state index contributed by atoms with van der Waals surface area (Å²) in [5.41, 5.74) is 7.52. The van der Waals surface area contributed by atoms with E-state index in [1.54, 1.807) is 139 Å². The number of hydrogen-bond acceptors (Lipinski definition) is 15. The van der Waals surface area contributed by atoms with Crippen molar-refractivity contribution in [2.45, 2.75) is 213 Å². The Morgan fingerprint density at radius 2 is 0.929 bits per heavy atom. The Morgan fingerprint density at radius 3 is 1.42 bits per heavy atom. The lowest BCUT2D eigenvalue weighted by molar-refractivity contribution is -0.146. The van der Waals surface area contributed by atoms with Crippen LogP contribution in [0.2, 0.25) is 0 Å². The van der Waals surface area contributed by atoms with Gasteiger partial charge in [0.15, 0.2) is 0 Å². The van der Waals surface area contributed by atoms with Gasteiger partial charge in [0.25, 0.3) is 0 Å². The molecule has 26 heteroatoms. The molecular weight excluding hydrogens is 1270 g/mol. The number of hydrogen-bond donors (Lipinski definition) is 10. The summed E-state index contributed by atoms with van der Waals surface area (Å²) in [5.74, 6) is -9.63. The van der Waals surface area contributed by atoms with Crippen LogP contribution in [-0.2, 0) is 93.1 Å². The van der Waals surface area contributed by atoms with E-state index in [1.165, 1.54) is 4.90 Å². The molecule has 1 aliphatic rings. The van der Waals surface area contributed by atoms with Gasteiger partial charge in [-0.25, -0.2) is 9.59 Å². The SMILES string of the molecule is CC(C)C[C@H](NC(=O)[C@@H](NC(=O)[C@@H](NC(=O)[C@H](CC(C)C)NC(=O)[C@@H]1CCCN1C(=O)[C@@H](NC(=O)[C@H](CCC(N)=O)NC(=O)[C@H](COCc1ccccc1)NC(=O)OC(C)(C)C)[C@@H](C)OCc1ccccc1)C(C)C)[C@@H](C)OCc1ccccc1)C(=O)N[C@@H](Cc1ccccc1)C(=O)O. The summed E-state index contributed by atoms with van der Waals surface area (Å²) in [6.45, 7) is 18.3. The minimum atomic E-state index is -1.55. The second kappa shape index (κ2) is 40.0. The molecule has 0 spiro atoms. The Labute approximate surface area is 580 Å². The third kappa shape index (κ3) is 27.9. The topological polar surface area (TPSA) is 370 Å². The van der Waals surface area contributed by atoms with Crippen molar-refractivity contribution in [1.82, 2.24) is 47.4 Å². The first-order chi connectivity index (χ1) is 46.9. The number of nitrogens with zero attached hydrogens (tertiary/aromatic N) is 1. The maximum absolute atomic E-state index is 15.2. The molecule has 11 atom stereocenters. The molecule has 10 amide bonds. The highest BCUT2D eigenvalue weighted by atomic mass is 16.6. The average Bonchev–Trinajstić information content (AvgIpc) is 1.77. The summed E-state index contributed by atoms with van der Waals surface area (Å²) in [6, 6.07) is 23.4. The first-order valence-electron chi connectivity index (χ1n) is 33.8. The molecule has 99 heavy (non-hydrogen) atoms. The van der Waals surface area contributed by atoms with Gasteiger partial charge in [0, 0.05) is 19.4 Å². The first-order valence-corrected chi connectivity index (χ1v) is 33.8. The van der Waals surface area contributed by atoms with Gasteiger partial charge < -0.3 is 77.2 Å². The van der Waals surface area contributed by atoms with E-state index in [2.05, 4.69) is 42.5 Å². The van der Waals surface area contributed by atoms with Crippen molar-refractivity contribution in [3.05, 3.63) is 144 Å². The summed E-state index contributed by atoms with van der Waals surface area (Å²) >= 11 is 0. The largest absolute Gasteiger partial charge is 0.480 e. The Bertz CT molecular complexity index is 3280. The van der Waals surface area contributed by atoms with Crippen molar-refractivity contribution >= 4 is 65.2 Å². The van der Waals surface area contributed by atoms with Gasteiger partial charge in [0.1, 0.15) is 60.0 Å². The van der Waals surface area contributed by atoms with Gasteiger partial charge in [-0.15, -0.1) is 0 Å². The molecule has 1 heterocycles. The van der Waals surface area contributed by atoms with Crippen LogP contribution in [0.3, 0.4) is 0 Å². The molecule has 0 aliphatic carbocycles. The fourth-order valence-corrected chi connectivity index (χ4v) is 10.9. The molecule has 1 saturated heterocycles. The molecule has 1 aliphatic heterocycles. The fraction of sp³-hybridized carbons (Fsp3) is 0.521. The molecule has 26 nitrogen and oxygen atoms in total. The van der Waals surface area contributed by atoms with Gasteiger partial charge in [0.05, 0.1) is 38.6 Å². The van der Waals surface area contributed by atoms with Crippen LogP contribution in [0, 0.1) is 17.8 Å². The van der Waals surface area contributed by atoms with Gasteiger partial charge in [-0.3, -0.25) is 43.2 Å². The van der Waals surface area contributed by atoms with Crippen LogP contribution < -0.4 is 48.3 Å². The smallest absolute Gasteiger partial charge is 0.408 e. The number of likely N-dealkylation sites (tertiary alicyclic amines) is 1. The van der Waals surface area contributed by atoms with Crippen LogP contribution in [0.25, 0.3) is 0 Å². The lowest BCUT2D eigenvalue weighted by Gasteiger charge is -2.33. The maximum Gasteiger partial charge on any atom is 0.408 e. The van der Waals surface area contributed by atoms with E-state index in [4.69, 9.17) is 24.7 Å². The van der Waals surface area contributed by atoms with E-state index in [9.17, 15) is 53.1 Å². The summed E-state index contributed by atoms with van der Waals surface area (Å²) in [4.78, 5) is 156. The summed E-state index contributed by atoms with van der Waals surface area (Å²) in [5, 5.41) is 31.7. The number of amides is 10. The summed E-state index contributed by atoms with van der Waals surface area (Å²) in [6.07, 6.45) is -3.33. The van der Waals surface area contributed by atoms with Gasteiger partial charge in [-0.2, -0.15) is 0 Å². The molecular formula is C73H102N10O16. The van der Waals surface area contributed by atoms with E-state index < -0.39 is 150 Å². The Kier molecular flexibility index (Phi) is 32.5. The lowest BCUT2D eigenvalue weighted by atomic mass is 9.98. The van der Waals surface area contributed by atoms with Crippen LogP contribution in [0.1, 0.15) is 137 Å². The summed E-state index contributed by atoms with van der Waals surface area (Å²) < 4.78 is 23.7. The quantitative estimate of drug-likeness (QED) is 0.0280. The predicted molar refractivity (Wildman–Crippen MR) is 369 cm³/mol. The first kappa shape index (κ1) is 80.4. The monoisotopic (exact) mass is 1370 g/mol. The number of carboxylic acids is 1. The zero-order valence-corrected chi connectivity index (χ0v) is 58.7. The van der Waals surface area contributed by atoms with E-state index in [-0.39, 0.29) is 76.9 Å². The number of primary amides is 1. The minimum absolute atomic E-state index is 0.0164. The zero-order chi connectivity index (χ0) is 72.9. The zero-order valence-electron chi connectivity index (χ0n) is 58.7. The highest BCUT2D eigenvalue weighted by Crippen LogP contribution is 2.23. The predicted octanol–water partition coefficient (Wildman–Crippen LogP) is 5.03. The van der Waals surface area contributed by atoms with Gasteiger partial charge in [0.2, 0.25) is 53.2 Å². The Morgan fingerprint density at radius 1 is 0.505 bits per heavy atom. The van der Waals surface area contributed by atoms with Gasteiger partial charge >= 0.3 is 12.1 Å². The maximum atomic E-state index is 15.2. The molecule has 0 radical (unpaired) electrons. The molecule has 0 saturated carbocycles. The number of ether oxygens (including phenoxy) is 4. The highest BCUT2D eigenvalue weighted by molar-refractivity contribution is 5.99. The molecule has 0 aromatic heterocycles. The number of benzene rings is 4. The standard InChI is InChI=1S/C73H102N10O16/c1-44(2)37-54(64(86)78-56(71(93)94)39-49-25-16-12-17-26-49)77-69(91)61(47(7)97-41-51-29-20-14-21-30-51)81-68(90)60(46(5)6)80-65(87)55(38-45(3)4)76-67(89)58-33-24-36-83(58)70(92)62(48(8)98-42-52-31-22-15-23-32-52)82-63(85)53(34-35-59(74)84)75-66(88)57(79-72(95)99-73(9,10)11)43-96-40-50-27-18-13-19-28-50/h12-23,25-32,44-48,53-58,60-62H,24,33-43H2,1-11H3,(H2,74,84)(H,75,88)(H,76,89)(H,77,91)(H,78,86)(H,79,95)(H,80,87)(H,81,90)(H,82,85)(H,93,94)/t47-,48-,53+,54+,55+,56+,57+,58+,60+,61+,62+/m1/s1. The van der Waals surface area contributed by atoms with Gasteiger partial charge in [-0.1, -0.05) is 163 Å². The number of aliphatic carboxylic acids is 1. The highest BCUT2D eigenvalue weighted by Gasteiger charge is 2.43. The molecule has 0 unspecified atom stereocenters. The number of alkyl carbamates (subject to hydrolysis) is 1. The van der Waals surface area contributed by atoms with Crippen molar-refractivity contribution in [2.24, 2.45) is 23.5 Å². The third-order valence-corrected chi connectivity index (χ3v) is 16.2. The molecule has 11 N–H and O–H groups in total. The van der Waals surface area contributed by atoms with Crippen molar-refractivity contribution in [3.63, 3.8) is 0 Å². The van der Waals surface area contributed by atoms with Crippen molar-refractivity contribution in [1.29, 1.82) is 0 Å². The molecule has 0 bridgehead atoms. The van der Waals surface area contributed by atoms with E-state index in [1.807, 2.05) is 58.0 Å². The minimum Gasteiger partial charge on any atom is -0.480 e. The Balaban J connectivity index is 1.39. The average molecular weight is 1380 g/mol. The number of carbonyl (C=O) groups excluding carboxylic acids is 10. The number of carbonyl (C=O) groups is 11. The molecule has 540 valence electrons. The Hall–Kier alpha value is -9.27. The van der Waals surface area contributed by atoms with Crippen LogP contribution in [0.15, 0.2) is 121 Å². The molecule has 4 aromatic carbocycles. The van der Waals surface area contributed by atoms with Crippen LogP contribution in [0.4, 0.5) is 4.79 Å². The van der Waals surface area contributed by atoms with E-state index in [0.717, 1.165) is 16.7 Å². The molecule has 1 fully saturated rings. The van der Waals surface area contributed by atoms with Crippen molar-refractivity contribution in [3.8, 4) is 0 Å². The van der Waals surface area contributed by atoms with Crippen LogP contribution >= 0.6 is 0 Å². The summed E-state index contributed by atoms with van der Waals surface area (Å²) in [7, 11) is 0. The van der Waals surface area contributed by atoms with E-state index in [0.29, 0.717) is 12.0 Å².